The number of hydrogen-bond donors (Lipinski definition) is 1. The monoisotopic (exact) mass is 430 g/mol. The van der Waals surface area contributed by atoms with Crippen molar-refractivity contribution in [2.45, 2.75) is 44.4 Å². The van der Waals surface area contributed by atoms with Crippen LogP contribution in [-0.2, 0) is 27.7 Å². The third-order valence-electron chi connectivity index (χ3n) is 5.77. The molecule has 1 aliphatic heterocycles. The lowest BCUT2D eigenvalue weighted by Crippen LogP contribution is -2.41. The molecule has 6 nitrogen and oxygen atoms in total. The largest absolute Gasteiger partial charge is 0.497 e. The van der Waals surface area contributed by atoms with Gasteiger partial charge >= 0.3 is 0 Å². The Morgan fingerprint density at radius 1 is 1.03 bits per heavy atom. The second-order valence-electron chi connectivity index (χ2n) is 7.50. The predicted octanol–water partition coefficient (Wildman–Crippen LogP) is 3.86. The highest BCUT2D eigenvalue weighted by Gasteiger charge is 2.32. The molecule has 1 amide bonds. The molecular formula is C23H30N2O4S. The van der Waals surface area contributed by atoms with Gasteiger partial charge in [-0.3, -0.25) is 4.79 Å². The van der Waals surface area contributed by atoms with E-state index in [2.05, 4.69) is 19.2 Å². The van der Waals surface area contributed by atoms with Gasteiger partial charge in [0, 0.05) is 24.7 Å². The number of nitrogens with one attached hydrogen (secondary N) is 1. The zero-order valence-corrected chi connectivity index (χ0v) is 18.7. The van der Waals surface area contributed by atoms with E-state index in [-0.39, 0.29) is 16.7 Å². The number of anilines is 1. The highest BCUT2D eigenvalue weighted by Crippen LogP contribution is 2.28. The highest BCUT2D eigenvalue weighted by molar-refractivity contribution is 7.89. The first-order chi connectivity index (χ1) is 14.4. The van der Waals surface area contributed by atoms with Gasteiger partial charge in [0.25, 0.3) is 0 Å². The van der Waals surface area contributed by atoms with Gasteiger partial charge in [0.2, 0.25) is 15.9 Å². The fraction of sp³-hybridized carbons (Fsp3) is 0.435. The quantitative estimate of drug-likeness (QED) is 0.724. The van der Waals surface area contributed by atoms with Crippen LogP contribution in [0.5, 0.6) is 5.75 Å². The van der Waals surface area contributed by atoms with E-state index < -0.39 is 10.0 Å². The van der Waals surface area contributed by atoms with E-state index in [9.17, 15) is 13.2 Å². The molecule has 1 N–H and O–H groups in total. The average molecular weight is 431 g/mol. The van der Waals surface area contributed by atoms with Gasteiger partial charge in [-0.05, 0) is 61.1 Å². The van der Waals surface area contributed by atoms with Crippen LogP contribution in [0, 0.1) is 5.92 Å². The first-order valence-corrected chi connectivity index (χ1v) is 11.9. The second kappa shape index (κ2) is 9.62. The molecule has 1 fully saturated rings. The summed E-state index contributed by atoms with van der Waals surface area (Å²) in [5.41, 5.74) is 3.17. The van der Waals surface area contributed by atoms with Gasteiger partial charge in [0.05, 0.1) is 12.0 Å². The van der Waals surface area contributed by atoms with Crippen molar-refractivity contribution in [3.8, 4) is 5.75 Å². The van der Waals surface area contributed by atoms with Crippen LogP contribution in [0.3, 0.4) is 0 Å². The summed E-state index contributed by atoms with van der Waals surface area (Å²) in [6.07, 6.45) is 2.72. The molecule has 0 radical (unpaired) electrons. The Morgan fingerprint density at radius 2 is 1.60 bits per heavy atom. The number of carbonyl (C=O) groups is 1. The third-order valence-corrected chi connectivity index (χ3v) is 7.68. The fourth-order valence-electron chi connectivity index (χ4n) is 3.88. The van der Waals surface area contributed by atoms with E-state index in [0.29, 0.717) is 31.7 Å². The molecule has 2 aromatic carbocycles. The van der Waals surface area contributed by atoms with Crippen molar-refractivity contribution >= 4 is 21.6 Å². The van der Waals surface area contributed by atoms with Gasteiger partial charge < -0.3 is 10.1 Å². The van der Waals surface area contributed by atoms with Gasteiger partial charge in [-0.25, -0.2) is 8.42 Å². The van der Waals surface area contributed by atoms with Gasteiger partial charge in [-0.1, -0.05) is 32.0 Å². The molecule has 1 aliphatic rings. The van der Waals surface area contributed by atoms with E-state index in [4.69, 9.17) is 4.74 Å². The number of para-hydroxylation sites is 1. The number of ether oxygens (including phenoxy) is 1. The van der Waals surface area contributed by atoms with E-state index in [1.807, 2.05) is 18.2 Å². The lowest BCUT2D eigenvalue weighted by molar-refractivity contribution is -0.120. The van der Waals surface area contributed by atoms with Crippen LogP contribution < -0.4 is 10.1 Å². The number of carbonyl (C=O) groups excluding carboxylic acids is 1. The van der Waals surface area contributed by atoms with Crippen LogP contribution in [0.1, 0.15) is 37.8 Å². The normalized spacial score (nSPS) is 15.7. The van der Waals surface area contributed by atoms with Crippen molar-refractivity contribution in [1.82, 2.24) is 4.31 Å². The molecule has 3 rings (SSSR count). The molecule has 0 bridgehead atoms. The van der Waals surface area contributed by atoms with Crippen molar-refractivity contribution in [3.63, 3.8) is 0 Å². The van der Waals surface area contributed by atoms with E-state index in [0.717, 1.165) is 29.7 Å². The summed E-state index contributed by atoms with van der Waals surface area (Å²) >= 11 is 0. The fourth-order valence-corrected chi connectivity index (χ4v) is 5.35. The van der Waals surface area contributed by atoms with Crippen molar-refractivity contribution in [1.29, 1.82) is 0 Å². The second-order valence-corrected chi connectivity index (χ2v) is 9.44. The molecule has 0 atom stereocenters. The Labute approximate surface area is 179 Å². The van der Waals surface area contributed by atoms with E-state index in [1.165, 1.54) is 4.31 Å². The van der Waals surface area contributed by atoms with E-state index in [1.54, 1.807) is 31.4 Å². The zero-order valence-electron chi connectivity index (χ0n) is 17.8. The SMILES string of the molecule is CCc1cccc(CC)c1NC(=O)C1CCN(S(=O)(=O)c2ccc(OC)cc2)CC1. The van der Waals surface area contributed by atoms with Gasteiger partial charge in [-0.15, -0.1) is 0 Å². The Bertz CT molecular complexity index is 957. The number of methoxy groups -OCH3 is 1. The van der Waals surface area contributed by atoms with Crippen molar-refractivity contribution in [2.24, 2.45) is 5.92 Å². The highest BCUT2D eigenvalue weighted by atomic mass is 32.2. The van der Waals surface area contributed by atoms with Crippen molar-refractivity contribution < 1.29 is 17.9 Å². The maximum absolute atomic E-state index is 12.9. The van der Waals surface area contributed by atoms with Gasteiger partial charge in [-0.2, -0.15) is 4.31 Å². The number of benzene rings is 2. The topological polar surface area (TPSA) is 75.7 Å². The average Bonchev–Trinajstić information content (AvgIpc) is 2.79. The smallest absolute Gasteiger partial charge is 0.243 e. The van der Waals surface area contributed by atoms with Crippen LogP contribution in [0.4, 0.5) is 5.69 Å². The molecular weight excluding hydrogens is 400 g/mol. The predicted molar refractivity (Wildman–Crippen MR) is 118 cm³/mol. The number of sulfonamides is 1. The Kier molecular flexibility index (Phi) is 7.15. The summed E-state index contributed by atoms with van der Waals surface area (Å²) in [4.78, 5) is 13.2. The number of aryl methyl sites for hydroxylation is 2. The molecule has 162 valence electrons. The Morgan fingerprint density at radius 3 is 2.10 bits per heavy atom. The van der Waals surface area contributed by atoms with Crippen LogP contribution >= 0.6 is 0 Å². The standard InChI is InChI=1S/C23H30N2O4S/c1-4-17-7-6-8-18(5-2)22(17)24-23(26)19-13-15-25(16-14-19)30(27,28)21-11-9-20(29-3)10-12-21/h6-12,19H,4-5,13-16H2,1-3H3,(H,24,26). The van der Waals surface area contributed by atoms with Crippen molar-refractivity contribution in [3.05, 3.63) is 53.6 Å². The lowest BCUT2D eigenvalue weighted by Gasteiger charge is -2.31. The first kappa shape index (κ1) is 22.3. The summed E-state index contributed by atoms with van der Waals surface area (Å²) in [6.45, 7) is 4.82. The Hall–Kier alpha value is -2.38. The summed E-state index contributed by atoms with van der Waals surface area (Å²) in [5.74, 6) is 0.400. The molecule has 0 unspecified atom stereocenters. The zero-order chi connectivity index (χ0) is 21.7. The minimum Gasteiger partial charge on any atom is -0.497 e. The molecule has 30 heavy (non-hydrogen) atoms. The van der Waals surface area contributed by atoms with Crippen LogP contribution in [0.15, 0.2) is 47.4 Å². The minimum absolute atomic E-state index is 0.0212. The summed E-state index contributed by atoms with van der Waals surface area (Å²) in [6, 6.07) is 12.5. The minimum atomic E-state index is -3.57. The van der Waals surface area contributed by atoms with Crippen LogP contribution in [0.25, 0.3) is 0 Å². The first-order valence-electron chi connectivity index (χ1n) is 10.5. The molecule has 0 aromatic heterocycles. The lowest BCUT2D eigenvalue weighted by atomic mass is 9.96. The number of nitrogens with zero attached hydrogens (tertiary/aromatic N) is 1. The van der Waals surface area contributed by atoms with Gasteiger partial charge in [0.15, 0.2) is 0 Å². The molecule has 7 heteroatoms. The number of piperidine rings is 1. The molecule has 0 spiro atoms. The number of rotatable bonds is 7. The molecule has 0 saturated carbocycles. The summed E-state index contributed by atoms with van der Waals surface area (Å²) in [5, 5.41) is 3.13. The maximum Gasteiger partial charge on any atom is 0.243 e. The molecule has 2 aromatic rings. The van der Waals surface area contributed by atoms with Crippen molar-refractivity contribution in [2.75, 3.05) is 25.5 Å². The third kappa shape index (κ3) is 4.68. The Balaban J connectivity index is 1.66. The summed E-state index contributed by atoms with van der Waals surface area (Å²) < 4.78 is 32.4. The van der Waals surface area contributed by atoms with Gasteiger partial charge in [0.1, 0.15) is 5.75 Å². The molecule has 0 aliphatic carbocycles. The molecule has 1 saturated heterocycles. The van der Waals surface area contributed by atoms with Crippen LogP contribution in [0.2, 0.25) is 0 Å². The number of hydrogen-bond acceptors (Lipinski definition) is 4. The summed E-state index contributed by atoms with van der Waals surface area (Å²) in [7, 11) is -2.03. The van der Waals surface area contributed by atoms with E-state index >= 15 is 0 Å². The molecule has 1 heterocycles. The maximum atomic E-state index is 12.9. The number of amides is 1. The van der Waals surface area contributed by atoms with Crippen LogP contribution in [-0.4, -0.2) is 38.8 Å².